The highest BCUT2D eigenvalue weighted by Crippen LogP contribution is 2.22. The normalized spacial score (nSPS) is 16.2. The van der Waals surface area contributed by atoms with Crippen LogP contribution >= 0.6 is 12.4 Å². The Labute approximate surface area is 114 Å². The molecule has 0 radical (unpaired) electrons. The Bertz CT molecular complexity index is 509. The van der Waals surface area contributed by atoms with Gasteiger partial charge in [-0.2, -0.15) is 0 Å². The van der Waals surface area contributed by atoms with Gasteiger partial charge in [0.05, 0.1) is 0 Å². The van der Waals surface area contributed by atoms with E-state index >= 15 is 0 Å². The summed E-state index contributed by atoms with van der Waals surface area (Å²) >= 11 is 0. The Morgan fingerprint density at radius 1 is 0.944 bits per heavy atom. The van der Waals surface area contributed by atoms with Gasteiger partial charge in [0.1, 0.15) is 11.9 Å². The number of hydrogen-bond donors (Lipinski definition) is 1. The molecule has 0 unspecified atom stereocenters. The Kier molecular flexibility index (Phi) is 4.45. The van der Waals surface area contributed by atoms with Crippen molar-refractivity contribution in [2.75, 3.05) is 13.1 Å². The molecule has 3 rings (SSSR count). The Balaban J connectivity index is 0.00000120. The molecule has 1 fully saturated rings. The van der Waals surface area contributed by atoms with E-state index in [0.717, 1.165) is 31.7 Å². The lowest BCUT2D eigenvalue weighted by atomic mass is 10.1. The molecular formula is C15H18ClNO. The molecule has 0 aliphatic carbocycles. The van der Waals surface area contributed by atoms with Crippen molar-refractivity contribution < 1.29 is 4.74 Å². The third-order valence-corrected chi connectivity index (χ3v) is 3.31. The summed E-state index contributed by atoms with van der Waals surface area (Å²) in [6, 6.07) is 14.7. The highest BCUT2D eigenvalue weighted by Gasteiger charge is 2.14. The molecule has 2 aromatic rings. The van der Waals surface area contributed by atoms with Crippen LogP contribution in [0, 0.1) is 0 Å². The van der Waals surface area contributed by atoms with Gasteiger partial charge < -0.3 is 10.1 Å². The fourth-order valence-corrected chi connectivity index (χ4v) is 2.35. The summed E-state index contributed by atoms with van der Waals surface area (Å²) in [7, 11) is 0. The molecular weight excluding hydrogens is 246 g/mol. The van der Waals surface area contributed by atoms with Crippen molar-refractivity contribution >= 4 is 23.2 Å². The highest BCUT2D eigenvalue weighted by molar-refractivity contribution is 5.85. The molecule has 1 aliphatic rings. The van der Waals surface area contributed by atoms with Gasteiger partial charge in [0, 0.05) is 0 Å². The number of halogens is 1. The minimum Gasteiger partial charge on any atom is -0.490 e. The van der Waals surface area contributed by atoms with Gasteiger partial charge >= 0.3 is 0 Å². The summed E-state index contributed by atoms with van der Waals surface area (Å²) in [5.74, 6) is 0.996. The van der Waals surface area contributed by atoms with Crippen LogP contribution in [0.4, 0.5) is 0 Å². The first-order valence-electron chi connectivity index (χ1n) is 6.28. The smallest absolute Gasteiger partial charge is 0.120 e. The molecule has 0 atom stereocenters. The summed E-state index contributed by atoms with van der Waals surface area (Å²) in [6.45, 7) is 2.14. The van der Waals surface area contributed by atoms with E-state index < -0.39 is 0 Å². The van der Waals surface area contributed by atoms with Crippen molar-refractivity contribution in [3.05, 3.63) is 42.5 Å². The van der Waals surface area contributed by atoms with Gasteiger partial charge in [-0.3, -0.25) is 0 Å². The first-order valence-corrected chi connectivity index (χ1v) is 6.28. The first-order chi connectivity index (χ1) is 8.42. The zero-order valence-electron chi connectivity index (χ0n) is 10.3. The van der Waals surface area contributed by atoms with Gasteiger partial charge in [-0.25, -0.2) is 0 Å². The maximum absolute atomic E-state index is 6.02. The highest BCUT2D eigenvalue weighted by atomic mass is 35.5. The van der Waals surface area contributed by atoms with Crippen LogP contribution in [0.5, 0.6) is 5.75 Å². The van der Waals surface area contributed by atoms with Crippen LogP contribution < -0.4 is 10.1 Å². The molecule has 1 heterocycles. The van der Waals surface area contributed by atoms with Gasteiger partial charge in [0.2, 0.25) is 0 Å². The summed E-state index contributed by atoms with van der Waals surface area (Å²) in [5, 5.41) is 5.87. The SMILES string of the molecule is Cl.c1ccc2cc(OC3CCNCC3)ccc2c1. The molecule has 0 spiro atoms. The molecule has 18 heavy (non-hydrogen) atoms. The molecule has 96 valence electrons. The quantitative estimate of drug-likeness (QED) is 0.897. The van der Waals surface area contributed by atoms with E-state index in [1.165, 1.54) is 10.8 Å². The monoisotopic (exact) mass is 263 g/mol. The predicted octanol–water partition coefficient (Wildman–Crippen LogP) is 3.39. The zero-order chi connectivity index (χ0) is 11.5. The molecule has 1 N–H and O–H groups in total. The number of hydrogen-bond acceptors (Lipinski definition) is 2. The molecule has 0 aromatic heterocycles. The van der Waals surface area contributed by atoms with Crippen molar-refractivity contribution in [2.45, 2.75) is 18.9 Å². The number of nitrogens with one attached hydrogen (secondary N) is 1. The lowest BCUT2D eigenvalue weighted by molar-refractivity contribution is 0.162. The second-order valence-electron chi connectivity index (χ2n) is 4.58. The van der Waals surface area contributed by atoms with Crippen LogP contribution in [0.3, 0.4) is 0 Å². The van der Waals surface area contributed by atoms with Crippen molar-refractivity contribution in [3.8, 4) is 5.75 Å². The number of rotatable bonds is 2. The first kappa shape index (κ1) is 13.2. The third kappa shape index (κ3) is 2.95. The van der Waals surface area contributed by atoms with Gasteiger partial charge in [-0.1, -0.05) is 30.3 Å². The fourth-order valence-electron chi connectivity index (χ4n) is 2.35. The van der Waals surface area contributed by atoms with Gasteiger partial charge in [-0.05, 0) is 48.8 Å². The zero-order valence-corrected chi connectivity index (χ0v) is 11.1. The predicted molar refractivity (Wildman–Crippen MR) is 77.7 cm³/mol. The van der Waals surface area contributed by atoms with Crippen LogP contribution in [-0.4, -0.2) is 19.2 Å². The summed E-state index contributed by atoms with van der Waals surface area (Å²) in [6.07, 6.45) is 2.58. The average molecular weight is 264 g/mol. The van der Waals surface area contributed by atoms with Gasteiger partial charge in [0.25, 0.3) is 0 Å². The maximum Gasteiger partial charge on any atom is 0.120 e. The standard InChI is InChI=1S/C15H17NO.ClH/c1-2-4-13-11-15(6-5-12(13)3-1)17-14-7-9-16-10-8-14;/h1-6,11,14,16H,7-10H2;1H. The second-order valence-corrected chi connectivity index (χ2v) is 4.58. The Hall–Kier alpha value is -1.25. The number of ether oxygens (including phenoxy) is 1. The molecule has 0 amide bonds. The number of piperidine rings is 1. The van der Waals surface area contributed by atoms with Gasteiger partial charge in [-0.15, -0.1) is 12.4 Å². The summed E-state index contributed by atoms with van der Waals surface area (Å²) in [5.41, 5.74) is 0. The largest absolute Gasteiger partial charge is 0.490 e. The topological polar surface area (TPSA) is 21.3 Å². The molecule has 3 heteroatoms. The lowest BCUT2D eigenvalue weighted by Gasteiger charge is -2.23. The molecule has 2 nitrogen and oxygen atoms in total. The Morgan fingerprint density at radius 2 is 1.67 bits per heavy atom. The van der Waals surface area contributed by atoms with Gasteiger partial charge in [0.15, 0.2) is 0 Å². The molecule has 0 saturated carbocycles. The van der Waals surface area contributed by atoms with Crippen molar-refractivity contribution in [3.63, 3.8) is 0 Å². The van der Waals surface area contributed by atoms with Crippen LogP contribution in [-0.2, 0) is 0 Å². The van der Waals surface area contributed by atoms with Crippen LogP contribution in [0.25, 0.3) is 10.8 Å². The molecule has 0 bridgehead atoms. The van der Waals surface area contributed by atoms with Crippen LogP contribution in [0.1, 0.15) is 12.8 Å². The number of fused-ring (bicyclic) bond motifs is 1. The third-order valence-electron chi connectivity index (χ3n) is 3.31. The van der Waals surface area contributed by atoms with E-state index in [2.05, 4.69) is 47.8 Å². The lowest BCUT2D eigenvalue weighted by Crippen LogP contribution is -2.34. The van der Waals surface area contributed by atoms with Crippen molar-refractivity contribution in [1.82, 2.24) is 5.32 Å². The van der Waals surface area contributed by atoms with E-state index in [-0.39, 0.29) is 12.4 Å². The summed E-state index contributed by atoms with van der Waals surface area (Å²) in [4.78, 5) is 0. The molecule has 2 aromatic carbocycles. The van der Waals surface area contributed by atoms with Crippen molar-refractivity contribution in [2.24, 2.45) is 0 Å². The molecule has 1 aliphatic heterocycles. The average Bonchev–Trinajstić information content (AvgIpc) is 2.40. The second kappa shape index (κ2) is 6.07. The summed E-state index contributed by atoms with van der Waals surface area (Å²) < 4.78 is 6.02. The molecule has 1 saturated heterocycles. The Morgan fingerprint density at radius 3 is 2.44 bits per heavy atom. The van der Waals surface area contributed by atoms with Crippen LogP contribution in [0.15, 0.2) is 42.5 Å². The minimum absolute atomic E-state index is 0. The van der Waals surface area contributed by atoms with E-state index in [0.29, 0.717) is 6.10 Å². The minimum atomic E-state index is 0. The van der Waals surface area contributed by atoms with Crippen LogP contribution in [0.2, 0.25) is 0 Å². The van der Waals surface area contributed by atoms with E-state index in [9.17, 15) is 0 Å². The van der Waals surface area contributed by atoms with E-state index in [4.69, 9.17) is 4.74 Å². The fraction of sp³-hybridized carbons (Fsp3) is 0.333. The van der Waals surface area contributed by atoms with E-state index in [1.54, 1.807) is 0 Å². The van der Waals surface area contributed by atoms with E-state index in [1.807, 2.05) is 0 Å². The maximum atomic E-state index is 6.02. The number of benzene rings is 2. The van der Waals surface area contributed by atoms with Crippen molar-refractivity contribution in [1.29, 1.82) is 0 Å².